The molecule has 0 saturated heterocycles. The van der Waals surface area contributed by atoms with Crippen molar-refractivity contribution in [3.63, 3.8) is 0 Å². The average Bonchev–Trinajstić information content (AvgIpc) is 2.56. The first-order valence-electron chi connectivity index (χ1n) is 7.82. The molecule has 2 N–H and O–H groups in total. The lowest BCUT2D eigenvalue weighted by atomic mass is 10.2. The third kappa shape index (κ3) is 5.66. The van der Waals surface area contributed by atoms with Gasteiger partial charge < -0.3 is 5.32 Å². The molecule has 0 radical (unpaired) electrons. The highest BCUT2D eigenvalue weighted by Gasteiger charge is 2.34. The normalized spacial score (nSPS) is 12.1. The van der Waals surface area contributed by atoms with Crippen molar-refractivity contribution in [2.75, 3.05) is 11.9 Å². The number of carbonyl (C=O) groups excluding carboxylic acids is 1. The van der Waals surface area contributed by atoms with Crippen molar-refractivity contribution in [2.24, 2.45) is 0 Å². The average molecular weight is 439 g/mol. The Kier molecular flexibility index (Phi) is 6.68. The van der Waals surface area contributed by atoms with Gasteiger partial charge in [-0.05, 0) is 42.8 Å². The molecule has 0 bridgehead atoms. The minimum Gasteiger partial charge on any atom is -0.324 e. The minimum atomic E-state index is -4.82. The maximum Gasteiger partial charge on any atom is 0.417 e. The highest BCUT2D eigenvalue weighted by molar-refractivity contribution is 7.89. The molecule has 0 aliphatic heterocycles. The molecule has 152 valence electrons. The van der Waals surface area contributed by atoms with Gasteiger partial charge in [0.1, 0.15) is 5.82 Å². The Morgan fingerprint density at radius 3 is 2.43 bits per heavy atom. The van der Waals surface area contributed by atoms with Gasteiger partial charge in [-0.25, -0.2) is 17.5 Å². The van der Waals surface area contributed by atoms with Crippen molar-refractivity contribution < 1.29 is 30.8 Å². The molecule has 0 aromatic heterocycles. The maximum atomic E-state index is 13.7. The van der Waals surface area contributed by atoms with Crippen LogP contribution in [0.1, 0.15) is 17.5 Å². The Balaban J connectivity index is 2.01. The van der Waals surface area contributed by atoms with E-state index in [9.17, 15) is 30.8 Å². The summed E-state index contributed by atoms with van der Waals surface area (Å²) in [6.45, 7) is 1.27. The van der Waals surface area contributed by atoms with Crippen LogP contribution in [0.15, 0.2) is 41.3 Å². The lowest BCUT2D eigenvalue weighted by molar-refractivity contribution is -0.137. The lowest BCUT2D eigenvalue weighted by Gasteiger charge is -2.12. The number of sulfonamides is 1. The molecule has 0 fully saturated rings. The predicted molar refractivity (Wildman–Crippen MR) is 96.0 cm³/mol. The molecule has 5 nitrogen and oxygen atoms in total. The number of halogens is 5. The molecule has 0 heterocycles. The summed E-state index contributed by atoms with van der Waals surface area (Å²) in [5.41, 5.74) is -0.694. The molecular weight excluding hydrogens is 424 g/mol. The zero-order valence-corrected chi connectivity index (χ0v) is 16.0. The Hall–Kier alpha value is -2.17. The molecular formula is C17H15ClF4N2O3S. The van der Waals surface area contributed by atoms with Crippen molar-refractivity contribution in [3.05, 3.63) is 58.4 Å². The van der Waals surface area contributed by atoms with E-state index in [-0.39, 0.29) is 12.1 Å². The van der Waals surface area contributed by atoms with E-state index in [0.29, 0.717) is 11.6 Å². The SMILES string of the molecule is Cc1ccc(NC(=O)CCNS(=O)(=O)c2ccc(Cl)c(C(F)(F)F)c2)c(F)c1. The first-order chi connectivity index (χ1) is 12.9. The fraction of sp³-hybridized carbons (Fsp3) is 0.235. The summed E-state index contributed by atoms with van der Waals surface area (Å²) in [5, 5.41) is 1.65. The van der Waals surface area contributed by atoms with Gasteiger partial charge in [-0.2, -0.15) is 13.2 Å². The van der Waals surface area contributed by atoms with E-state index in [0.717, 1.165) is 12.1 Å². The third-order valence-electron chi connectivity index (χ3n) is 3.60. The van der Waals surface area contributed by atoms with Crippen LogP contribution in [-0.4, -0.2) is 20.9 Å². The first-order valence-corrected chi connectivity index (χ1v) is 9.68. The second kappa shape index (κ2) is 8.46. The number of anilines is 1. The number of benzene rings is 2. The molecule has 0 aliphatic carbocycles. The van der Waals surface area contributed by atoms with Gasteiger partial charge in [0.25, 0.3) is 0 Å². The summed E-state index contributed by atoms with van der Waals surface area (Å²) in [6, 6.07) is 6.32. The number of rotatable bonds is 6. The Labute approximate surface area is 163 Å². The van der Waals surface area contributed by atoms with Gasteiger partial charge >= 0.3 is 6.18 Å². The molecule has 2 aromatic carbocycles. The number of carbonyl (C=O) groups is 1. The number of hydrogen-bond donors (Lipinski definition) is 2. The molecule has 0 atom stereocenters. The van der Waals surface area contributed by atoms with E-state index in [4.69, 9.17) is 11.6 Å². The number of alkyl halides is 3. The number of amides is 1. The number of aryl methyl sites for hydroxylation is 1. The molecule has 28 heavy (non-hydrogen) atoms. The van der Waals surface area contributed by atoms with Gasteiger partial charge in [0, 0.05) is 13.0 Å². The summed E-state index contributed by atoms with van der Waals surface area (Å²) in [7, 11) is -4.30. The third-order valence-corrected chi connectivity index (χ3v) is 5.38. The largest absolute Gasteiger partial charge is 0.417 e. The summed E-state index contributed by atoms with van der Waals surface area (Å²) < 4.78 is 78.6. The minimum absolute atomic E-state index is 0.0639. The molecule has 2 rings (SSSR count). The molecule has 11 heteroatoms. The van der Waals surface area contributed by atoms with Crippen molar-refractivity contribution in [3.8, 4) is 0 Å². The monoisotopic (exact) mass is 438 g/mol. The fourth-order valence-corrected chi connectivity index (χ4v) is 3.49. The van der Waals surface area contributed by atoms with Crippen LogP contribution in [0.3, 0.4) is 0 Å². The van der Waals surface area contributed by atoms with Gasteiger partial charge in [-0.15, -0.1) is 0 Å². The number of nitrogens with one attached hydrogen (secondary N) is 2. The van der Waals surface area contributed by atoms with Crippen LogP contribution in [0.25, 0.3) is 0 Å². The van der Waals surface area contributed by atoms with Gasteiger partial charge in [0.05, 0.1) is 21.2 Å². The van der Waals surface area contributed by atoms with Crippen molar-refractivity contribution in [1.82, 2.24) is 4.72 Å². The van der Waals surface area contributed by atoms with Crippen LogP contribution < -0.4 is 10.0 Å². The van der Waals surface area contributed by atoms with Gasteiger partial charge in [0.15, 0.2) is 0 Å². The van der Waals surface area contributed by atoms with Crippen LogP contribution in [0.2, 0.25) is 5.02 Å². The van der Waals surface area contributed by atoms with Crippen LogP contribution in [0.4, 0.5) is 23.2 Å². The van der Waals surface area contributed by atoms with E-state index in [2.05, 4.69) is 5.32 Å². The van der Waals surface area contributed by atoms with Crippen LogP contribution in [0.5, 0.6) is 0 Å². The summed E-state index contributed by atoms with van der Waals surface area (Å²) >= 11 is 5.46. The van der Waals surface area contributed by atoms with E-state index in [1.54, 1.807) is 13.0 Å². The topological polar surface area (TPSA) is 75.3 Å². The molecule has 0 saturated carbocycles. The molecule has 2 aromatic rings. The summed E-state index contributed by atoms with van der Waals surface area (Å²) in [4.78, 5) is 11.2. The molecule has 1 amide bonds. The summed E-state index contributed by atoms with van der Waals surface area (Å²) in [6.07, 6.45) is -5.17. The Morgan fingerprint density at radius 2 is 1.82 bits per heavy atom. The fourth-order valence-electron chi connectivity index (χ4n) is 2.21. The lowest BCUT2D eigenvalue weighted by Crippen LogP contribution is -2.28. The highest BCUT2D eigenvalue weighted by atomic mass is 35.5. The van der Waals surface area contributed by atoms with Crippen LogP contribution in [-0.2, 0) is 21.0 Å². The van der Waals surface area contributed by atoms with E-state index < -0.39 is 50.0 Å². The first kappa shape index (κ1) is 22.1. The molecule has 0 aliphatic rings. The van der Waals surface area contributed by atoms with E-state index in [1.165, 1.54) is 12.1 Å². The van der Waals surface area contributed by atoms with Gasteiger partial charge in [-0.1, -0.05) is 17.7 Å². The molecule has 0 spiro atoms. The summed E-state index contributed by atoms with van der Waals surface area (Å²) in [5.74, 6) is -1.31. The zero-order chi connectivity index (χ0) is 21.1. The van der Waals surface area contributed by atoms with Crippen molar-refractivity contribution >= 4 is 33.2 Å². The Bertz CT molecular complexity index is 994. The van der Waals surface area contributed by atoms with Crippen LogP contribution >= 0.6 is 11.6 Å². The smallest absolute Gasteiger partial charge is 0.324 e. The van der Waals surface area contributed by atoms with E-state index >= 15 is 0 Å². The number of hydrogen-bond acceptors (Lipinski definition) is 3. The van der Waals surface area contributed by atoms with Gasteiger partial charge in [0.2, 0.25) is 15.9 Å². The second-order valence-corrected chi connectivity index (χ2v) is 7.99. The second-order valence-electron chi connectivity index (χ2n) is 5.82. The predicted octanol–water partition coefficient (Wildman–Crippen LogP) is 4.11. The maximum absolute atomic E-state index is 13.7. The quantitative estimate of drug-likeness (QED) is 0.666. The van der Waals surface area contributed by atoms with Crippen molar-refractivity contribution in [1.29, 1.82) is 0 Å². The van der Waals surface area contributed by atoms with Crippen LogP contribution in [0, 0.1) is 12.7 Å². The molecule has 0 unspecified atom stereocenters. The Morgan fingerprint density at radius 1 is 1.14 bits per heavy atom. The van der Waals surface area contributed by atoms with Gasteiger partial charge in [-0.3, -0.25) is 4.79 Å². The zero-order valence-electron chi connectivity index (χ0n) is 14.4. The standard InChI is InChI=1S/C17H15ClF4N2O3S/c1-10-2-5-15(14(19)8-10)24-16(25)6-7-23-28(26,27)11-3-4-13(18)12(9-11)17(20,21)22/h2-5,8-9,23H,6-7H2,1H3,(H,24,25). The van der Waals surface area contributed by atoms with E-state index in [1.807, 2.05) is 4.72 Å². The van der Waals surface area contributed by atoms with Crippen molar-refractivity contribution in [2.45, 2.75) is 24.4 Å². The highest BCUT2D eigenvalue weighted by Crippen LogP contribution is 2.35.